The lowest BCUT2D eigenvalue weighted by Crippen LogP contribution is -2.38. The SMILES string of the molecule is C/C=C/C1CCC(CCCCC2COC(C3CCC(CCC=C(F)F)CC3)OC2)CC1. The molecule has 4 heteroatoms. The van der Waals surface area contributed by atoms with Crippen molar-refractivity contribution in [1.29, 1.82) is 0 Å². The van der Waals surface area contributed by atoms with E-state index in [9.17, 15) is 8.78 Å². The number of rotatable bonds is 10. The summed E-state index contributed by atoms with van der Waals surface area (Å²) in [5.41, 5.74) is 0. The number of ether oxygens (including phenoxy) is 2. The van der Waals surface area contributed by atoms with E-state index < -0.39 is 6.08 Å². The van der Waals surface area contributed by atoms with Crippen LogP contribution in [-0.2, 0) is 9.47 Å². The third kappa shape index (κ3) is 8.96. The summed E-state index contributed by atoms with van der Waals surface area (Å²) in [6.07, 6.45) is 20.8. The van der Waals surface area contributed by atoms with Gasteiger partial charge in [-0.15, -0.1) is 0 Å². The molecule has 2 nitrogen and oxygen atoms in total. The van der Waals surface area contributed by atoms with Crippen LogP contribution in [0.4, 0.5) is 8.78 Å². The van der Waals surface area contributed by atoms with Gasteiger partial charge in [-0.2, -0.15) is 8.78 Å². The second kappa shape index (κ2) is 13.7. The monoisotopic (exact) mass is 438 g/mol. The Kier molecular flexibility index (Phi) is 11.0. The van der Waals surface area contributed by atoms with Crippen LogP contribution < -0.4 is 0 Å². The topological polar surface area (TPSA) is 18.5 Å². The predicted molar refractivity (Wildman–Crippen MR) is 123 cm³/mol. The summed E-state index contributed by atoms with van der Waals surface area (Å²) >= 11 is 0. The molecule has 0 N–H and O–H groups in total. The fourth-order valence-electron chi connectivity index (χ4n) is 5.98. The molecule has 31 heavy (non-hydrogen) atoms. The summed E-state index contributed by atoms with van der Waals surface area (Å²) in [6.45, 7) is 3.83. The molecule has 2 aliphatic carbocycles. The van der Waals surface area contributed by atoms with Gasteiger partial charge in [-0.1, -0.05) is 31.4 Å². The first-order valence-electron chi connectivity index (χ1n) is 13.0. The van der Waals surface area contributed by atoms with Crippen molar-refractivity contribution in [3.05, 3.63) is 24.3 Å². The summed E-state index contributed by atoms with van der Waals surface area (Å²) < 4.78 is 36.6. The lowest BCUT2D eigenvalue weighted by atomic mass is 9.79. The molecular weight excluding hydrogens is 394 g/mol. The molecule has 3 rings (SSSR count). The van der Waals surface area contributed by atoms with Gasteiger partial charge in [0.1, 0.15) is 0 Å². The lowest BCUT2D eigenvalue weighted by molar-refractivity contribution is -0.230. The van der Waals surface area contributed by atoms with E-state index in [-0.39, 0.29) is 6.29 Å². The first-order chi connectivity index (χ1) is 15.1. The van der Waals surface area contributed by atoms with Gasteiger partial charge in [-0.3, -0.25) is 0 Å². The number of hydrogen-bond donors (Lipinski definition) is 0. The Hall–Kier alpha value is -0.740. The maximum absolute atomic E-state index is 12.2. The highest BCUT2D eigenvalue weighted by Gasteiger charge is 2.32. The van der Waals surface area contributed by atoms with Crippen LogP contribution in [0.1, 0.15) is 96.8 Å². The van der Waals surface area contributed by atoms with Gasteiger partial charge in [0, 0.05) is 11.8 Å². The molecule has 0 unspecified atom stereocenters. The standard InChI is InChI=1S/C27H44F2O2/c1-2-6-21-11-13-22(14-12-21)7-3-4-8-24-19-30-27(31-20-24)25-17-15-23(16-18-25)9-5-10-26(28)29/h2,6,10,21-25,27H,3-5,7-9,11-20H2,1H3/b6-2+. The van der Waals surface area contributed by atoms with Crippen LogP contribution in [0.3, 0.4) is 0 Å². The zero-order chi connectivity index (χ0) is 21.9. The smallest absolute Gasteiger partial charge is 0.266 e. The van der Waals surface area contributed by atoms with Gasteiger partial charge in [-0.05, 0) is 101 Å². The molecule has 0 radical (unpaired) electrons. The maximum atomic E-state index is 12.2. The van der Waals surface area contributed by atoms with Crippen molar-refractivity contribution in [2.24, 2.45) is 29.6 Å². The van der Waals surface area contributed by atoms with E-state index in [1.165, 1.54) is 51.4 Å². The van der Waals surface area contributed by atoms with Crippen LogP contribution in [0.2, 0.25) is 0 Å². The third-order valence-corrected chi connectivity index (χ3v) is 7.97. The first kappa shape index (κ1) is 24.9. The summed E-state index contributed by atoms with van der Waals surface area (Å²) in [4.78, 5) is 0. The molecule has 2 saturated carbocycles. The molecule has 3 aliphatic rings. The van der Waals surface area contributed by atoms with Gasteiger partial charge in [-0.25, -0.2) is 0 Å². The Morgan fingerprint density at radius 2 is 1.35 bits per heavy atom. The number of unbranched alkanes of at least 4 members (excludes halogenated alkanes) is 1. The largest absolute Gasteiger partial charge is 0.352 e. The second-order valence-electron chi connectivity index (χ2n) is 10.3. The van der Waals surface area contributed by atoms with E-state index in [1.54, 1.807) is 0 Å². The minimum atomic E-state index is -1.54. The van der Waals surface area contributed by atoms with Crippen LogP contribution in [0.5, 0.6) is 0 Å². The van der Waals surface area contributed by atoms with Gasteiger partial charge in [0.25, 0.3) is 6.08 Å². The maximum Gasteiger partial charge on any atom is 0.266 e. The highest BCUT2D eigenvalue weighted by atomic mass is 19.3. The van der Waals surface area contributed by atoms with Crippen molar-refractivity contribution < 1.29 is 18.3 Å². The average Bonchev–Trinajstić information content (AvgIpc) is 2.79. The fraction of sp³-hybridized carbons (Fsp3) is 0.852. The molecule has 0 atom stereocenters. The van der Waals surface area contributed by atoms with Gasteiger partial charge in [0.2, 0.25) is 0 Å². The summed E-state index contributed by atoms with van der Waals surface area (Å²) in [5.74, 6) is 3.42. The molecule has 1 aliphatic heterocycles. The van der Waals surface area contributed by atoms with E-state index in [4.69, 9.17) is 9.47 Å². The van der Waals surface area contributed by atoms with Gasteiger partial charge >= 0.3 is 0 Å². The van der Waals surface area contributed by atoms with Crippen molar-refractivity contribution in [3.63, 3.8) is 0 Å². The zero-order valence-corrected chi connectivity index (χ0v) is 19.6. The van der Waals surface area contributed by atoms with E-state index >= 15 is 0 Å². The molecule has 0 amide bonds. The quantitative estimate of drug-likeness (QED) is 0.252. The normalized spacial score (nSPS) is 34.7. The zero-order valence-electron chi connectivity index (χ0n) is 19.6. The minimum absolute atomic E-state index is 0.0345. The van der Waals surface area contributed by atoms with Crippen molar-refractivity contribution in [2.75, 3.05) is 13.2 Å². The predicted octanol–water partition coefficient (Wildman–Crippen LogP) is 8.29. The van der Waals surface area contributed by atoms with Crippen molar-refractivity contribution in [1.82, 2.24) is 0 Å². The van der Waals surface area contributed by atoms with Crippen LogP contribution in [0, 0.1) is 29.6 Å². The summed E-state index contributed by atoms with van der Waals surface area (Å²) in [5, 5.41) is 0. The van der Waals surface area contributed by atoms with Crippen molar-refractivity contribution >= 4 is 0 Å². The lowest BCUT2D eigenvalue weighted by Gasteiger charge is -2.37. The highest BCUT2D eigenvalue weighted by molar-refractivity contribution is 4.89. The molecule has 0 bridgehead atoms. The summed E-state index contributed by atoms with van der Waals surface area (Å²) in [6, 6.07) is 0. The van der Waals surface area contributed by atoms with Crippen molar-refractivity contribution in [2.45, 2.75) is 103 Å². The third-order valence-electron chi connectivity index (χ3n) is 7.97. The Balaban J connectivity index is 1.21. The van der Waals surface area contributed by atoms with E-state index in [2.05, 4.69) is 19.1 Å². The Labute approximate surface area is 188 Å². The molecule has 3 fully saturated rings. The molecule has 0 aromatic rings. The van der Waals surface area contributed by atoms with E-state index in [0.29, 0.717) is 24.2 Å². The number of hydrogen-bond acceptors (Lipinski definition) is 2. The van der Waals surface area contributed by atoms with E-state index in [1.807, 2.05) is 0 Å². The van der Waals surface area contributed by atoms with Crippen molar-refractivity contribution in [3.8, 4) is 0 Å². The van der Waals surface area contributed by atoms with Crippen LogP contribution in [0.15, 0.2) is 24.3 Å². The molecule has 0 aromatic heterocycles. The van der Waals surface area contributed by atoms with Gasteiger partial charge < -0.3 is 9.47 Å². The highest BCUT2D eigenvalue weighted by Crippen LogP contribution is 2.37. The number of allylic oxidation sites excluding steroid dienone is 3. The van der Waals surface area contributed by atoms with E-state index in [0.717, 1.165) is 63.2 Å². The van der Waals surface area contributed by atoms with Crippen LogP contribution in [0.25, 0.3) is 0 Å². The number of halogens is 2. The average molecular weight is 439 g/mol. The summed E-state index contributed by atoms with van der Waals surface area (Å²) in [7, 11) is 0. The molecule has 0 aromatic carbocycles. The molecular formula is C27H44F2O2. The molecule has 1 saturated heterocycles. The van der Waals surface area contributed by atoms with Crippen LogP contribution >= 0.6 is 0 Å². The molecule has 1 heterocycles. The minimum Gasteiger partial charge on any atom is -0.352 e. The Bertz CT molecular complexity index is 533. The van der Waals surface area contributed by atoms with Gasteiger partial charge in [0.05, 0.1) is 13.2 Å². The van der Waals surface area contributed by atoms with Gasteiger partial charge in [0.15, 0.2) is 6.29 Å². The molecule has 0 spiro atoms. The first-order valence-corrected chi connectivity index (χ1v) is 13.0. The van der Waals surface area contributed by atoms with Crippen LogP contribution in [-0.4, -0.2) is 19.5 Å². The Morgan fingerprint density at radius 1 is 0.774 bits per heavy atom. The fourth-order valence-corrected chi connectivity index (χ4v) is 5.98. The second-order valence-corrected chi connectivity index (χ2v) is 10.3. The molecule has 178 valence electrons. The Morgan fingerprint density at radius 3 is 1.97 bits per heavy atom.